The molecule has 2 atom stereocenters. The summed E-state index contributed by atoms with van der Waals surface area (Å²) in [6.07, 6.45) is 9.48. The highest BCUT2D eigenvalue weighted by molar-refractivity contribution is 5.85. The molecule has 0 heterocycles. The number of rotatable bonds is 5. The van der Waals surface area contributed by atoms with Gasteiger partial charge in [0.15, 0.2) is 0 Å². The van der Waals surface area contributed by atoms with Gasteiger partial charge in [0.2, 0.25) is 5.91 Å². The standard InChI is InChI=1S/C13H24N2O/c1-3-9-13(2,14)12(16)15-10-11-7-5-4-6-8-11/h4-5,11H,3,6-10,14H2,1-2H3,(H,15,16). The molecule has 0 saturated heterocycles. The van der Waals surface area contributed by atoms with Crippen LogP contribution in [0.5, 0.6) is 0 Å². The minimum Gasteiger partial charge on any atom is -0.354 e. The maximum atomic E-state index is 11.8. The third kappa shape index (κ3) is 3.97. The highest BCUT2D eigenvalue weighted by Crippen LogP contribution is 2.17. The maximum Gasteiger partial charge on any atom is 0.239 e. The predicted molar refractivity (Wildman–Crippen MR) is 67.0 cm³/mol. The van der Waals surface area contributed by atoms with Crippen molar-refractivity contribution >= 4 is 5.91 Å². The Morgan fingerprint density at radius 1 is 1.56 bits per heavy atom. The SMILES string of the molecule is CCCC(C)(N)C(=O)NCC1CC=CCC1. The lowest BCUT2D eigenvalue weighted by Crippen LogP contribution is -2.52. The Morgan fingerprint density at radius 3 is 2.88 bits per heavy atom. The average Bonchev–Trinajstić information content (AvgIpc) is 2.27. The minimum absolute atomic E-state index is 0.0103. The lowest BCUT2D eigenvalue weighted by Gasteiger charge is -2.25. The number of carbonyl (C=O) groups is 1. The largest absolute Gasteiger partial charge is 0.354 e. The second-order valence-corrected chi connectivity index (χ2v) is 5.03. The molecule has 3 nitrogen and oxygen atoms in total. The summed E-state index contributed by atoms with van der Waals surface area (Å²) < 4.78 is 0. The van der Waals surface area contributed by atoms with Gasteiger partial charge < -0.3 is 11.1 Å². The van der Waals surface area contributed by atoms with E-state index in [1.807, 2.05) is 13.8 Å². The molecule has 1 aliphatic rings. The fourth-order valence-corrected chi connectivity index (χ4v) is 2.11. The molecule has 1 rings (SSSR count). The van der Waals surface area contributed by atoms with Crippen molar-refractivity contribution in [1.82, 2.24) is 5.32 Å². The number of carbonyl (C=O) groups excluding carboxylic acids is 1. The Balaban J connectivity index is 2.31. The summed E-state index contributed by atoms with van der Waals surface area (Å²) in [6, 6.07) is 0. The van der Waals surface area contributed by atoms with E-state index in [1.54, 1.807) is 0 Å². The van der Waals surface area contributed by atoms with Gasteiger partial charge in [-0.15, -0.1) is 0 Å². The predicted octanol–water partition coefficient (Wildman–Crippen LogP) is 1.98. The lowest BCUT2D eigenvalue weighted by molar-refractivity contribution is -0.126. The van der Waals surface area contributed by atoms with Gasteiger partial charge >= 0.3 is 0 Å². The molecule has 0 bridgehead atoms. The van der Waals surface area contributed by atoms with E-state index in [2.05, 4.69) is 17.5 Å². The van der Waals surface area contributed by atoms with Crippen molar-refractivity contribution in [3.63, 3.8) is 0 Å². The summed E-state index contributed by atoms with van der Waals surface area (Å²) in [4.78, 5) is 11.8. The fraction of sp³-hybridized carbons (Fsp3) is 0.769. The Hall–Kier alpha value is -0.830. The average molecular weight is 224 g/mol. The molecule has 0 fully saturated rings. The third-order valence-corrected chi connectivity index (χ3v) is 3.22. The first-order valence-electron chi connectivity index (χ1n) is 6.28. The van der Waals surface area contributed by atoms with Crippen LogP contribution in [0.2, 0.25) is 0 Å². The number of hydrogen-bond acceptors (Lipinski definition) is 2. The van der Waals surface area contributed by atoms with E-state index < -0.39 is 5.54 Å². The van der Waals surface area contributed by atoms with Crippen LogP contribution >= 0.6 is 0 Å². The summed E-state index contributed by atoms with van der Waals surface area (Å²) in [5, 5.41) is 2.98. The normalized spacial score (nSPS) is 23.8. The molecule has 3 heteroatoms. The van der Waals surface area contributed by atoms with Crippen molar-refractivity contribution in [2.45, 2.75) is 51.5 Å². The molecule has 0 aromatic rings. The van der Waals surface area contributed by atoms with Crippen LogP contribution in [0, 0.1) is 5.92 Å². The summed E-state index contributed by atoms with van der Waals surface area (Å²) in [6.45, 7) is 4.62. The zero-order valence-corrected chi connectivity index (χ0v) is 10.5. The minimum atomic E-state index is -0.709. The van der Waals surface area contributed by atoms with Crippen LogP contribution < -0.4 is 11.1 Å². The van der Waals surface area contributed by atoms with Crippen molar-refractivity contribution in [3.8, 4) is 0 Å². The van der Waals surface area contributed by atoms with E-state index in [9.17, 15) is 4.79 Å². The van der Waals surface area contributed by atoms with Gasteiger partial charge in [-0.2, -0.15) is 0 Å². The van der Waals surface area contributed by atoms with Gasteiger partial charge in [-0.3, -0.25) is 4.79 Å². The van der Waals surface area contributed by atoms with Crippen LogP contribution in [-0.4, -0.2) is 18.0 Å². The summed E-state index contributed by atoms with van der Waals surface area (Å²) >= 11 is 0. The van der Waals surface area contributed by atoms with Gasteiger partial charge in [-0.05, 0) is 38.5 Å². The highest BCUT2D eigenvalue weighted by atomic mass is 16.2. The molecule has 92 valence electrons. The van der Waals surface area contributed by atoms with Crippen LogP contribution in [0.15, 0.2) is 12.2 Å². The molecule has 1 aliphatic carbocycles. The molecule has 1 amide bonds. The monoisotopic (exact) mass is 224 g/mol. The zero-order valence-electron chi connectivity index (χ0n) is 10.5. The van der Waals surface area contributed by atoms with Gasteiger partial charge in [-0.1, -0.05) is 25.5 Å². The van der Waals surface area contributed by atoms with Crippen molar-refractivity contribution in [2.75, 3.05) is 6.54 Å². The van der Waals surface area contributed by atoms with E-state index in [0.29, 0.717) is 5.92 Å². The first-order valence-corrected chi connectivity index (χ1v) is 6.28. The van der Waals surface area contributed by atoms with E-state index >= 15 is 0 Å². The van der Waals surface area contributed by atoms with Crippen molar-refractivity contribution in [1.29, 1.82) is 0 Å². The number of amides is 1. The summed E-state index contributed by atoms with van der Waals surface area (Å²) in [7, 11) is 0. The molecule has 0 radical (unpaired) electrons. The number of nitrogens with one attached hydrogen (secondary N) is 1. The van der Waals surface area contributed by atoms with Crippen LogP contribution in [-0.2, 0) is 4.79 Å². The lowest BCUT2D eigenvalue weighted by atomic mass is 9.93. The van der Waals surface area contributed by atoms with E-state index in [1.165, 1.54) is 6.42 Å². The second-order valence-electron chi connectivity index (χ2n) is 5.03. The molecule has 16 heavy (non-hydrogen) atoms. The second kappa shape index (κ2) is 6.04. The smallest absolute Gasteiger partial charge is 0.239 e. The van der Waals surface area contributed by atoms with Gasteiger partial charge in [0.1, 0.15) is 0 Å². The number of allylic oxidation sites excluding steroid dienone is 2. The Labute approximate surface area is 98.5 Å². The maximum absolute atomic E-state index is 11.8. The molecular formula is C13H24N2O. The molecule has 0 aliphatic heterocycles. The molecule has 0 saturated carbocycles. The van der Waals surface area contributed by atoms with Crippen molar-refractivity contribution in [2.24, 2.45) is 11.7 Å². The van der Waals surface area contributed by atoms with Crippen LogP contribution in [0.1, 0.15) is 46.0 Å². The highest BCUT2D eigenvalue weighted by Gasteiger charge is 2.27. The number of nitrogens with two attached hydrogens (primary N) is 1. The topological polar surface area (TPSA) is 55.1 Å². The van der Waals surface area contributed by atoms with Crippen LogP contribution in [0.4, 0.5) is 0 Å². The van der Waals surface area contributed by atoms with E-state index in [0.717, 1.165) is 32.2 Å². The number of hydrogen-bond donors (Lipinski definition) is 2. The molecule has 3 N–H and O–H groups in total. The molecule has 0 aromatic heterocycles. The fourth-order valence-electron chi connectivity index (χ4n) is 2.11. The van der Waals surface area contributed by atoms with E-state index in [4.69, 9.17) is 5.73 Å². The van der Waals surface area contributed by atoms with Crippen LogP contribution in [0.25, 0.3) is 0 Å². The van der Waals surface area contributed by atoms with Crippen molar-refractivity contribution < 1.29 is 4.79 Å². The van der Waals surface area contributed by atoms with Crippen LogP contribution in [0.3, 0.4) is 0 Å². The third-order valence-electron chi connectivity index (χ3n) is 3.22. The van der Waals surface area contributed by atoms with Gasteiger partial charge in [0.25, 0.3) is 0 Å². The first-order chi connectivity index (χ1) is 7.56. The van der Waals surface area contributed by atoms with Gasteiger partial charge in [0.05, 0.1) is 5.54 Å². The quantitative estimate of drug-likeness (QED) is 0.702. The molecule has 0 aromatic carbocycles. The molecule has 0 spiro atoms. The Bertz CT molecular complexity index is 259. The molecular weight excluding hydrogens is 200 g/mol. The summed E-state index contributed by atoms with van der Waals surface area (Å²) in [5.41, 5.74) is 5.25. The Kier molecular flexibility index (Phi) is 5.00. The summed E-state index contributed by atoms with van der Waals surface area (Å²) in [5.74, 6) is 0.579. The van der Waals surface area contributed by atoms with Gasteiger partial charge in [0, 0.05) is 6.54 Å². The first kappa shape index (κ1) is 13.2. The van der Waals surface area contributed by atoms with Gasteiger partial charge in [-0.25, -0.2) is 0 Å². The van der Waals surface area contributed by atoms with E-state index in [-0.39, 0.29) is 5.91 Å². The van der Waals surface area contributed by atoms with Crippen molar-refractivity contribution in [3.05, 3.63) is 12.2 Å². The molecule has 2 unspecified atom stereocenters. The zero-order chi connectivity index (χ0) is 12.0. The Morgan fingerprint density at radius 2 is 2.31 bits per heavy atom.